The van der Waals surface area contributed by atoms with Gasteiger partial charge in [0, 0.05) is 13.0 Å². The Bertz CT molecular complexity index is 234. The van der Waals surface area contributed by atoms with Gasteiger partial charge in [-0.1, -0.05) is 5.92 Å². The molecule has 0 aromatic rings. The average molecular weight is 149 g/mol. The van der Waals surface area contributed by atoms with E-state index in [0.717, 1.165) is 0 Å². The van der Waals surface area contributed by atoms with Gasteiger partial charge in [-0.15, -0.1) is 11.8 Å². The van der Waals surface area contributed by atoms with Crippen LogP contribution in [-0.2, 0) is 4.79 Å². The number of rotatable bonds is 2. The Labute approximate surface area is 67.4 Å². The Morgan fingerprint density at radius 3 is 2.64 bits per heavy atom. The molecule has 11 heavy (non-hydrogen) atoms. The smallest absolute Gasteiger partial charge is 0.295 e. The molecule has 0 aliphatic rings. The maximum atomic E-state index is 10.7. The first-order chi connectivity index (χ1) is 5.31. The fourth-order valence-electron chi connectivity index (χ4n) is 0.521. The van der Waals surface area contributed by atoms with E-state index >= 15 is 0 Å². The second-order valence-corrected chi connectivity index (χ2v) is 1.81. The van der Waals surface area contributed by atoms with Crippen molar-refractivity contribution in [3.63, 3.8) is 0 Å². The van der Waals surface area contributed by atoms with E-state index in [2.05, 4.69) is 29.0 Å². The molecule has 0 fully saturated rings. The lowest BCUT2D eigenvalue weighted by atomic mass is 10.4. The molecule has 0 saturated heterocycles. The van der Waals surface area contributed by atoms with Crippen LogP contribution in [0.5, 0.6) is 0 Å². The number of amides is 1. The van der Waals surface area contributed by atoms with Crippen molar-refractivity contribution < 1.29 is 4.79 Å². The molecule has 0 rings (SSSR count). The van der Waals surface area contributed by atoms with Gasteiger partial charge in [0.05, 0.1) is 0 Å². The molecule has 2 nitrogen and oxygen atoms in total. The van der Waals surface area contributed by atoms with Crippen molar-refractivity contribution in [3.8, 4) is 23.7 Å². The fraction of sp³-hybridized carbons (Fsp3) is 0.444. The Balaban J connectivity index is 3.42. The number of carbonyl (C=O) groups is 1. The standard InChI is InChI=1S/C9H11NO/c1-3-5-6-8-10-9(11)7-4-2/h6,8H2,1-2H3,(H,10,11). The summed E-state index contributed by atoms with van der Waals surface area (Å²) in [7, 11) is 0. The quantitative estimate of drug-likeness (QED) is 0.450. The minimum atomic E-state index is -0.231. The minimum Gasteiger partial charge on any atom is -0.344 e. The molecule has 0 aliphatic heterocycles. The largest absolute Gasteiger partial charge is 0.344 e. The third kappa shape index (κ3) is 6.48. The van der Waals surface area contributed by atoms with Gasteiger partial charge in [0.2, 0.25) is 0 Å². The van der Waals surface area contributed by atoms with E-state index in [9.17, 15) is 4.79 Å². The van der Waals surface area contributed by atoms with E-state index in [-0.39, 0.29) is 5.91 Å². The maximum Gasteiger partial charge on any atom is 0.295 e. The van der Waals surface area contributed by atoms with E-state index < -0.39 is 0 Å². The highest BCUT2D eigenvalue weighted by atomic mass is 16.1. The van der Waals surface area contributed by atoms with Gasteiger partial charge in [-0.25, -0.2) is 0 Å². The van der Waals surface area contributed by atoms with Crippen molar-refractivity contribution in [2.45, 2.75) is 20.3 Å². The van der Waals surface area contributed by atoms with Crippen LogP contribution in [-0.4, -0.2) is 12.5 Å². The Hall–Kier alpha value is -1.41. The SMILES string of the molecule is CC#CCCNC(=O)C#CC. The molecule has 0 aliphatic carbocycles. The molecule has 1 amide bonds. The second kappa shape index (κ2) is 6.71. The lowest BCUT2D eigenvalue weighted by Gasteiger charge is -1.93. The van der Waals surface area contributed by atoms with Crippen LogP contribution in [0.25, 0.3) is 0 Å². The Morgan fingerprint density at radius 2 is 2.09 bits per heavy atom. The summed E-state index contributed by atoms with van der Waals surface area (Å²) in [6.45, 7) is 3.98. The molecule has 58 valence electrons. The van der Waals surface area contributed by atoms with Crippen LogP contribution < -0.4 is 5.32 Å². The molecule has 0 saturated carbocycles. The van der Waals surface area contributed by atoms with Gasteiger partial charge in [0.1, 0.15) is 0 Å². The van der Waals surface area contributed by atoms with E-state index in [1.54, 1.807) is 13.8 Å². The molecule has 2 heteroatoms. The predicted molar refractivity (Wildman–Crippen MR) is 44.5 cm³/mol. The molecule has 0 radical (unpaired) electrons. The molecule has 0 unspecified atom stereocenters. The molecule has 1 N–H and O–H groups in total. The molecular weight excluding hydrogens is 138 g/mol. The minimum absolute atomic E-state index is 0.231. The molecule has 0 spiro atoms. The summed E-state index contributed by atoms with van der Waals surface area (Å²) in [5.41, 5.74) is 0. The predicted octanol–water partition coefficient (Wildman–Crippen LogP) is 0.539. The maximum absolute atomic E-state index is 10.7. The van der Waals surface area contributed by atoms with Crippen LogP contribution in [0.4, 0.5) is 0 Å². The lowest BCUT2D eigenvalue weighted by molar-refractivity contribution is -0.115. The molecular formula is C9H11NO. The van der Waals surface area contributed by atoms with Crippen LogP contribution in [0.3, 0.4) is 0 Å². The zero-order valence-corrected chi connectivity index (χ0v) is 6.82. The van der Waals surface area contributed by atoms with Crippen LogP contribution in [0.1, 0.15) is 20.3 Å². The Kier molecular flexibility index (Phi) is 5.85. The highest BCUT2D eigenvalue weighted by molar-refractivity contribution is 5.93. The Morgan fingerprint density at radius 1 is 1.36 bits per heavy atom. The summed E-state index contributed by atoms with van der Waals surface area (Å²) in [4.78, 5) is 10.7. The van der Waals surface area contributed by atoms with Gasteiger partial charge in [-0.3, -0.25) is 4.79 Å². The molecule has 0 aromatic carbocycles. The van der Waals surface area contributed by atoms with Crippen LogP contribution in [0.15, 0.2) is 0 Å². The zero-order chi connectivity index (χ0) is 8.53. The lowest BCUT2D eigenvalue weighted by Crippen LogP contribution is -2.22. The fourth-order valence-corrected chi connectivity index (χ4v) is 0.521. The summed E-state index contributed by atoms with van der Waals surface area (Å²) in [6.07, 6.45) is 0.688. The molecule has 0 aromatic heterocycles. The summed E-state index contributed by atoms with van der Waals surface area (Å²) < 4.78 is 0. The van der Waals surface area contributed by atoms with Crippen LogP contribution in [0, 0.1) is 23.7 Å². The summed E-state index contributed by atoms with van der Waals surface area (Å²) in [5, 5.41) is 2.60. The van der Waals surface area contributed by atoms with Crippen LogP contribution in [0.2, 0.25) is 0 Å². The highest BCUT2D eigenvalue weighted by Gasteiger charge is 1.89. The molecule has 0 atom stereocenters. The third-order valence-electron chi connectivity index (χ3n) is 0.951. The van der Waals surface area contributed by atoms with E-state index in [1.807, 2.05) is 0 Å². The van der Waals surface area contributed by atoms with Crippen molar-refractivity contribution in [3.05, 3.63) is 0 Å². The topological polar surface area (TPSA) is 29.1 Å². The third-order valence-corrected chi connectivity index (χ3v) is 0.951. The second-order valence-electron chi connectivity index (χ2n) is 1.81. The number of hydrogen-bond acceptors (Lipinski definition) is 1. The first kappa shape index (κ1) is 9.59. The van der Waals surface area contributed by atoms with Crippen LogP contribution >= 0.6 is 0 Å². The van der Waals surface area contributed by atoms with Crippen molar-refractivity contribution >= 4 is 5.91 Å². The van der Waals surface area contributed by atoms with Gasteiger partial charge >= 0.3 is 0 Å². The van der Waals surface area contributed by atoms with Gasteiger partial charge in [-0.05, 0) is 19.8 Å². The highest BCUT2D eigenvalue weighted by Crippen LogP contribution is 1.71. The number of nitrogens with one attached hydrogen (secondary N) is 1. The van der Waals surface area contributed by atoms with Crippen molar-refractivity contribution in [1.29, 1.82) is 0 Å². The molecule has 0 heterocycles. The zero-order valence-electron chi connectivity index (χ0n) is 6.82. The van der Waals surface area contributed by atoms with Gasteiger partial charge in [0.15, 0.2) is 0 Å². The van der Waals surface area contributed by atoms with Gasteiger partial charge < -0.3 is 5.32 Å². The first-order valence-corrected chi connectivity index (χ1v) is 3.41. The average Bonchev–Trinajstić information content (AvgIpc) is 1.99. The summed E-state index contributed by atoms with van der Waals surface area (Å²) in [6, 6.07) is 0. The van der Waals surface area contributed by atoms with E-state index in [1.165, 1.54) is 0 Å². The van der Waals surface area contributed by atoms with Crippen molar-refractivity contribution in [1.82, 2.24) is 5.32 Å². The summed E-state index contributed by atoms with van der Waals surface area (Å²) >= 11 is 0. The summed E-state index contributed by atoms with van der Waals surface area (Å²) in [5.74, 6) is 10.2. The van der Waals surface area contributed by atoms with Gasteiger partial charge in [0.25, 0.3) is 5.91 Å². The van der Waals surface area contributed by atoms with Crippen molar-refractivity contribution in [2.75, 3.05) is 6.54 Å². The first-order valence-electron chi connectivity index (χ1n) is 3.41. The molecule has 0 bridgehead atoms. The monoisotopic (exact) mass is 149 g/mol. The number of hydrogen-bond donors (Lipinski definition) is 1. The number of carbonyl (C=O) groups excluding carboxylic acids is 1. The van der Waals surface area contributed by atoms with Gasteiger partial charge in [-0.2, -0.15) is 0 Å². The van der Waals surface area contributed by atoms with E-state index in [0.29, 0.717) is 13.0 Å². The van der Waals surface area contributed by atoms with Crippen molar-refractivity contribution in [2.24, 2.45) is 0 Å². The van der Waals surface area contributed by atoms with E-state index in [4.69, 9.17) is 0 Å². The normalized spacial score (nSPS) is 6.73.